The monoisotopic (exact) mass is 254 g/mol. The minimum absolute atomic E-state index is 0.122. The number of likely N-dealkylation sites (tertiary alicyclic amines) is 1. The van der Waals surface area contributed by atoms with Crippen molar-refractivity contribution in [1.29, 1.82) is 0 Å². The number of cyclic esters (lactones) is 1. The highest BCUT2D eigenvalue weighted by Crippen LogP contribution is 2.29. The Kier molecular flexibility index (Phi) is 3.78. The van der Waals surface area contributed by atoms with E-state index in [4.69, 9.17) is 4.74 Å². The minimum Gasteiger partial charge on any atom is -0.449 e. The lowest BCUT2D eigenvalue weighted by Gasteiger charge is -2.41. The van der Waals surface area contributed by atoms with Crippen LogP contribution in [0.1, 0.15) is 33.6 Å². The maximum atomic E-state index is 11.8. The summed E-state index contributed by atoms with van der Waals surface area (Å²) < 4.78 is 5.26. The van der Waals surface area contributed by atoms with E-state index >= 15 is 0 Å². The number of fused-ring (bicyclic) bond motifs is 1. The first-order valence-corrected chi connectivity index (χ1v) is 6.71. The van der Waals surface area contributed by atoms with Crippen LogP contribution in [0.5, 0.6) is 0 Å². The van der Waals surface area contributed by atoms with E-state index in [1.165, 1.54) is 0 Å². The molecule has 0 aromatic rings. The molecule has 2 aliphatic rings. The normalized spacial score (nSPS) is 28.8. The molecule has 2 amide bonds. The quantitative estimate of drug-likeness (QED) is 0.712. The van der Waals surface area contributed by atoms with E-state index in [1.54, 1.807) is 6.92 Å². The second-order valence-corrected chi connectivity index (χ2v) is 5.49. The molecule has 0 aromatic carbocycles. The summed E-state index contributed by atoms with van der Waals surface area (Å²) in [6.07, 6.45) is 1.57. The number of hydrogen-bond donors (Lipinski definition) is 0. The molecule has 5 nitrogen and oxygen atoms in total. The van der Waals surface area contributed by atoms with Crippen molar-refractivity contribution < 1.29 is 14.3 Å². The van der Waals surface area contributed by atoms with Gasteiger partial charge in [-0.3, -0.25) is 4.79 Å². The van der Waals surface area contributed by atoms with E-state index in [-0.39, 0.29) is 24.1 Å². The van der Waals surface area contributed by atoms with Crippen molar-refractivity contribution in [3.63, 3.8) is 0 Å². The molecule has 0 unspecified atom stereocenters. The summed E-state index contributed by atoms with van der Waals surface area (Å²) in [5.41, 5.74) is 0. The zero-order valence-electron chi connectivity index (χ0n) is 11.4. The smallest absolute Gasteiger partial charge is 0.410 e. The molecule has 0 spiro atoms. The van der Waals surface area contributed by atoms with Crippen LogP contribution in [0, 0.1) is 5.92 Å². The molecule has 2 aliphatic heterocycles. The summed E-state index contributed by atoms with van der Waals surface area (Å²) >= 11 is 0. The fourth-order valence-electron chi connectivity index (χ4n) is 3.01. The van der Waals surface area contributed by atoms with Crippen LogP contribution < -0.4 is 0 Å². The maximum absolute atomic E-state index is 11.8. The molecule has 0 bridgehead atoms. The molecule has 18 heavy (non-hydrogen) atoms. The predicted octanol–water partition coefficient (Wildman–Crippen LogP) is 1.47. The van der Waals surface area contributed by atoms with Gasteiger partial charge in [0.2, 0.25) is 5.91 Å². The Hall–Kier alpha value is -1.26. The molecule has 5 heteroatoms. The molecule has 0 aromatic heterocycles. The number of carbonyl (C=O) groups is 2. The minimum atomic E-state index is -0.206. The van der Waals surface area contributed by atoms with E-state index in [1.807, 2.05) is 23.6 Å². The number of rotatable bonds is 1. The van der Waals surface area contributed by atoms with Gasteiger partial charge in [0.15, 0.2) is 0 Å². The van der Waals surface area contributed by atoms with Gasteiger partial charge in [0.05, 0.1) is 6.61 Å². The van der Waals surface area contributed by atoms with Gasteiger partial charge in [-0.15, -0.1) is 0 Å². The second-order valence-electron chi connectivity index (χ2n) is 5.49. The van der Waals surface area contributed by atoms with E-state index in [0.29, 0.717) is 12.5 Å². The molecule has 2 fully saturated rings. The summed E-state index contributed by atoms with van der Waals surface area (Å²) in [5.74, 6) is 0.478. The van der Waals surface area contributed by atoms with E-state index < -0.39 is 0 Å². The third kappa shape index (κ3) is 2.44. The van der Waals surface area contributed by atoms with Crippen LogP contribution in [0.15, 0.2) is 0 Å². The van der Waals surface area contributed by atoms with E-state index in [0.717, 1.165) is 25.9 Å². The predicted molar refractivity (Wildman–Crippen MR) is 67.1 cm³/mol. The highest BCUT2D eigenvalue weighted by atomic mass is 16.6. The van der Waals surface area contributed by atoms with Gasteiger partial charge in [-0.25, -0.2) is 4.79 Å². The lowest BCUT2D eigenvalue weighted by molar-refractivity contribution is -0.128. The average molecular weight is 254 g/mol. The van der Waals surface area contributed by atoms with Crippen LogP contribution in [0.2, 0.25) is 0 Å². The number of ether oxygens (including phenoxy) is 1. The standard InChI is InChI=1S/C13H22N2O3/c1-9(2)15-12-5-7-14(10(3)16)6-4-11(12)8-18-13(15)17/h9,11-12H,4-8H2,1-3H3/t11-,12+/m1/s1. The third-order valence-electron chi connectivity index (χ3n) is 4.00. The van der Waals surface area contributed by atoms with Gasteiger partial charge in [-0.05, 0) is 26.7 Å². The summed E-state index contributed by atoms with van der Waals surface area (Å²) in [5, 5.41) is 0. The van der Waals surface area contributed by atoms with Crippen LogP contribution in [-0.2, 0) is 9.53 Å². The molecule has 2 saturated heterocycles. The van der Waals surface area contributed by atoms with Crippen molar-refractivity contribution in [3.05, 3.63) is 0 Å². The Bertz CT molecular complexity index is 343. The number of carbonyl (C=O) groups excluding carboxylic acids is 2. The Morgan fingerprint density at radius 3 is 2.61 bits per heavy atom. The van der Waals surface area contributed by atoms with Gasteiger partial charge in [0.25, 0.3) is 0 Å². The van der Waals surface area contributed by atoms with Crippen molar-refractivity contribution in [2.24, 2.45) is 5.92 Å². The number of hydrogen-bond acceptors (Lipinski definition) is 3. The third-order valence-corrected chi connectivity index (χ3v) is 4.00. The Labute approximate surface area is 108 Å². The molecular weight excluding hydrogens is 232 g/mol. The van der Waals surface area contributed by atoms with Gasteiger partial charge >= 0.3 is 6.09 Å². The highest BCUT2D eigenvalue weighted by Gasteiger charge is 2.40. The molecule has 0 radical (unpaired) electrons. The topological polar surface area (TPSA) is 49.9 Å². The van der Waals surface area contributed by atoms with Crippen molar-refractivity contribution in [3.8, 4) is 0 Å². The number of amides is 2. The fourth-order valence-corrected chi connectivity index (χ4v) is 3.01. The van der Waals surface area contributed by atoms with E-state index in [2.05, 4.69) is 0 Å². The summed E-state index contributed by atoms with van der Waals surface area (Å²) in [7, 11) is 0. The Morgan fingerprint density at radius 1 is 1.33 bits per heavy atom. The second kappa shape index (κ2) is 5.16. The van der Waals surface area contributed by atoms with Crippen LogP contribution in [-0.4, -0.2) is 53.6 Å². The van der Waals surface area contributed by atoms with E-state index in [9.17, 15) is 9.59 Å². The molecule has 2 atom stereocenters. The summed E-state index contributed by atoms with van der Waals surface area (Å²) in [6, 6.07) is 0.366. The maximum Gasteiger partial charge on any atom is 0.410 e. The molecule has 0 N–H and O–H groups in total. The van der Waals surface area contributed by atoms with Crippen molar-refractivity contribution in [2.75, 3.05) is 19.7 Å². The Morgan fingerprint density at radius 2 is 2.00 bits per heavy atom. The molecule has 2 rings (SSSR count). The fraction of sp³-hybridized carbons (Fsp3) is 0.846. The highest BCUT2D eigenvalue weighted by molar-refractivity contribution is 5.73. The lowest BCUT2D eigenvalue weighted by atomic mass is 9.92. The first-order chi connectivity index (χ1) is 8.50. The van der Waals surface area contributed by atoms with Gasteiger partial charge in [-0.1, -0.05) is 0 Å². The molecular formula is C13H22N2O3. The lowest BCUT2D eigenvalue weighted by Crippen LogP contribution is -2.54. The number of nitrogens with zero attached hydrogens (tertiary/aromatic N) is 2. The van der Waals surface area contributed by atoms with Gasteiger partial charge in [-0.2, -0.15) is 0 Å². The average Bonchev–Trinajstić information content (AvgIpc) is 2.50. The zero-order valence-corrected chi connectivity index (χ0v) is 11.4. The molecule has 0 aliphatic carbocycles. The van der Waals surface area contributed by atoms with Crippen molar-refractivity contribution in [2.45, 2.75) is 45.7 Å². The van der Waals surface area contributed by atoms with Gasteiger partial charge in [0.1, 0.15) is 0 Å². The van der Waals surface area contributed by atoms with Gasteiger partial charge in [0, 0.05) is 38.0 Å². The van der Waals surface area contributed by atoms with Crippen LogP contribution in [0.25, 0.3) is 0 Å². The van der Waals surface area contributed by atoms with Crippen molar-refractivity contribution in [1.82, 2.24) is 9.80 Å². The van der Waals surface area contributed by atoms with Crippen LogP contribution in [0.3, 0.4) is 0 Å². The summed E-state index contributed by atoms with van der Waals surface area (Å²) in [4.78, 5) is 27.0. The largest absolute Gasteiger partial charge is 0.449 e. The van der Waals surface area contributed by atoms with Crippen LogP contribution >= 0.6 is 0 Å². The van der Waals surface area contributed by atoms with Crippen LogP contribution in [0.4, 0.5) is 4.79 Å². The Balaban J connectivity index is 2.13. The molecule has 0 saturated carbocycles. The molecule has 102 valence electrons. The zero-order chi connectivity index (χ0) is 13.3. The first kappa shape index (κ1) is 13.2. The van der Waals surface area contributed by atoms with Gasteiger partial charge < -0.3 is 14.5 Å². The molecule has 2 heterocycles. The summed E-state index contributed by atoms with van der Waals surface area (Å²) in [6.45, 7) is 7.65. The SMILES string of the molecule is CC(=O)N1CC[C@@H]2COC(=O)N(C(C)C)[C@H]2CC1. The van der Waals surface area contributed by atoms with Crippen molar-refractivity contribution >= 4 is 12.0 Å². The first-order valence-electron chi connectivity index (χ1n) is 6.71.